The molecule has 0 aromatic heterocycles. The molecule has 0 unspecified atom stereocenters. The number of nitrogens with one attached hydrogen (secondary N) is 1. The number of halogens is 1. The Kier molecular flexibility index (Phi) is 4.79. The number of carbonyl (C=O) groups is 1. The fraction of sp³-hybridized carbons (Fsp3) is 0.273. The van der Waals surface area contributed by atoms with Gasteiger partial charge in [-0.2, -0.15) is 5.10 Å². The van der Waals surface area contributed by atoms with Crippen LogP contribution in [0.1, 0.15) is 12.5 Å². The molecule has 16 heavy (non-hydrogen) atoms. The summed E-state index contributed by atoms with van der Waals surface area (Å²) in [6, 6.07) is 7.50. The largest absolute Gasteiger partial charge is 0.477 e. The predicted octanol–water partition coefficient (Wildman–Crippen LogP) is 1.93. The van der Waals surface area contributed by atoms with Gasteiger partial charge in [-0.3, -0.25) is 0 Å². The van der Waals surface area contributed by atoms with Crippen molar-refractivity contribution in [1.29, 1.82) is 0 Å². The van der Waals surface area contributed by atoms with Crippen molar-refractivity contribution < 1.29 is 9.90 Å². The number of rotatable bonds is 5. The molecular formula is C11H13ClN2O2. The van der Waals surface area contributed by atoms with Crippen LogP contribution in [0.25, 0.3) is 0 Å². The lowest BCUT2D eigenvalue weighted by Crippen LogP contribution is -2.17. The molecule has 5 heteroatoms. The Hall–Kier alpha value is -1.55. The number of benzene rings is 1. The minimum absolute atomic E-state index is 0.0520. The minimum Gasteiger partial charge on any atom is -0.477 e. The monoisotopic (exact) mass is 240 g/mol. The van der Waals surface area contributed by atoms with Crippen LogP contribution >= 0.6 is 11.6 Å². The molecule has 1 rings (SSSR count). The molecule has 0 radical (unpaired) electrons. The van der Waals surface area contributed by atoms with E-state index >= 15 is 0 Å². The molecule has 0 bridgehead atoms. The molecule has 0 amide bonds. The first-order valence-electron chi connectivity index (χ1n) is 4.84. The Morgan fingerprint density at radius 2 is 2.06 bits per heavy atom. The Labute approximate surface area is 98.9 Å². The lowest BCUT2D eigenvalue weighted by molar-refractivity contribution is -0.129. The summed E-state index contributed by atoms with van der Waals surface area (Å²) < 4.78 is 0. The third kappa shape index (κ3) is 4.31. The second-order valence-electron chi connectivity index (χ2n) is 3.29. The molecule has 0 atom stereocenters. The maximum atomic E-state index is 10.4. The maximum Gasteiger partial charge on any atom is 0.351 e. The third-order valence-corrected chi connectivity index (χ3v) is 2.25. The highest BCUT2D eigenvalue weighted by molar-refractivity contribution is 6.34. The standard InChI is InChI=1S/C11H13ClN2O2/c1-8(11(15)16)14-13-7-6-9-2-4-10(12)5-3-9/h2-5,13H,6-7H2,1H3,(H,15,16)/b14-8+. The summed E-state index contributed by atoms with van der Waals surface area (Å²) >= 11 is 5.75. The summed E-state index contributed by atoms with van der Waals surface area (Å²) in [5, 5.41) is 12.9. The summed E-state index contributed by atoms with van der Waals surface area (Å²) in [6.45, 7) is 2.03. The van der Waals surface area contributed by atoms with Crippen molar-refractivity contribution >= 4 is 23.3 Å². The highest BCUT2D eigenvalue weighted by atomic mass is 35.5. The van der Waals surface area contributed by atoms with Gasteiger partial charge in [0, 0.05) is 11.6 Å². The Morgan fingerprint density at radius 1 is 1.44 bits per heavy atom. The molecule has 0 aliphatic rings. The van der Waals surface area contributed by atoms with E-state index in [-0.39, 0.29) is 5.71 Å². The van der Waals surface area contributed by atoms with E-state index in [0.29, 0.717) is 11.6 Å². The van der Waals surface area contributed by atoms with Crippen LogP contribution in [0.5, 0.6) is 0 Å². The Balaban J connectivity index is 2.34. The van der Waals surface area contributed by atoms with Gasteiger partial charge in [-0.1, -0.05) is 23.7 Å². The molecule has 0 heterocycles. The molecule has 1 aromatic carbocycles. The van der Waals surface area contributed by atoms with Crippen molar-refractivity contribution in [2.45, 2.75) is 13.3 Å². The van der Waals surface area contributed by atoms with E-state index in [4.69, 9.17) is 16.7 Å². The lowest BCUT2D eigenvalue weighted by Gasteiger charge is -2.02. The first kappa shape index (κ1) is 12.5. The van der Waals surface area contributed by atoms with Gasteiger partial charge in [0.25, 0.3) is 0 Å². The number of hydrogen-bond acceptors (Lipinski definition) is 3. The summed E-state index contributed by atoms with van der Waals surface area (Å²) in [4.78, 5) is 10.4. The summed E-state index contributed by atoms with van der Waals surface area (Å²) in [7, 11) is 0. The van der Waals surface area contributed by atoms with Gasteiger partial charge in [0.05, 0.1) is 0 Å². The Bertz CT molecular complexity index is 387. The van der Waals surface area contributed by atoms with Crippen molar-refractivity contribution in [3.8, 4) is 0 Å². The zero-order valence-corrected chi connectivity index (χ0v) is 9.66. The normalized spacial score (nSPS) is 11.2. The van der Waals surface area contributed by atoms with Crippen LogP contribution < -0.4 is 5.43 Å². The maximum absolute atomic E-state index is 10.4. The Morgan fingerprint density at radius 3 is 2.62 bits per heavy atom. The molecule has 1 aromatic rings. The quantitative estimate of drug-likeness (QED) is 0.470. The van der Waals surface area contributed by atoms with E-state index in [0.717, 1.165) is 12.0 Å². The van der Waals surface area contributed by atoms with Gasteiger partial charge in [-0.05, 0) is 31.0 Å². The number of hydrazone groups is 1. The smallest absolute Gasteiger partial charge is 0.351 e. The van der Waals surface area contributed by atoms with Gasteiger partial charge in [0.2, 0.25) is 0 Å². The van der Waals surface area contributed by atoms with Gasteiger partial charge in [0.1, 0.15) is 5.71 Å². The molecular weight excluding hydrogens is 228 g/mol. The van der Waals surface area contributed by atoms with Gasteiger partial charge >= 0.3 is 5.97 Å². The van der Waals surface area contributed by atoms with Crippen LogP contribution in [-0.2, 0) is 11.2 Å². The number of carboxylic acid groups (broad SMARTS) is 1. The molecule has 2 N–H and O–H groups in total. The molecule has 4 nitrogen and oxygen atoms in total. The highest BCUT2D eigenvalue weighted by Gasteiger charge is 2.00. The van der Waals surface area contributed by atoms with Crippen LogP contribution in [0.15, 0.2) is 29.4 Å². The fourth-order valence-corrected chi connectivity index (χ4v) is 1.20. The average Bonchev–Trinajstić information content (AvgIpc) is 2.26. The second-order valence-corrected chi connectivity index (χ2v) is 3.72. The number of hydrogen-bond donors (Lipinski definition) is 2. The molecule has 0 spiro atoms. The van der Waals surface area contributed by atoms with E-state index in [2.05, 4.69) is 10.5 Å². The molecule has 0 aliphatic carbocycles. The second kappa shape index (κ2) is 6.12. The van der Waals surface area contributed by atoms with Crippen molar-refractivity contribution in [3.05, 3.63) is 34.9 Å². The highest BCUT2D eigenvalue weighted by Crippen LogP contribution is 2.09. The predicted molar refractivity (Wildman–Crippen MR) is 63.9 cm³/mol. The average molecular weight is 241 g/mol. The van der Waals surface area contributed by atoms with Crippen molar-refractivity contribution in [2.24, 2.45) is 5.10 Å². The number of aliphatic carboxylic acids is 1. The molecule has 86 valence electrons. The van der Waals surface area contributed by atoms with E-state index < -0.39 is 5.97 Å². The summed E-state index contributed by atoms with van der Waals surface area (Å²) in [5.41, 5.74) is 3.88. The number of carboxylic acids is 1. The van der Waals surface area contributed by atoms with E-state index in [1.54, 1.807) is 0 Å². The summed E-state index contributed by atoms with van der Waals surface area (Å²) in [6.07, 6.45) is 0.771. The minimum atomic E-state index is -1.01. The SMILES string of the molecule is C/C(=N\NCCc1ccc(Cl)cc1)C(=O)O. The van der Waals surface area contributed by atoms with Crippen LogP contribution in [0.2, 0.25) is 5.02 Å². The molecule has 0 saturated heterocycles. The lowest BCUT2D eigenvalue weighted by atomic mass is 10.2. The van der Waals surface area contributed by atoms with Crippen LogP contribution in [-0.4, -0.2) is 23.3 Å². The van der Waals surface area contributed by atoms with E-state index in [1.807, 2.05) is 24.3 Å². The van der Waals surface area contributed by atoms with Gasteiger partial charge in [-0.15, -0.1) is 0 Å². The zero-order chi connectivity index (χ0) is 12.0. The van der Waals surface area contributed by atoms with Gasteiger partial charge in [0.15, 0.2) is 0 Å². The van der Waals surface area contributed by atoms with Gasteiger partial charge in [-0.25, -0.2) is 4.79 Å². The first-order chi connectivity index (χ1) is 7.59. The van der Waals surface area contributed by atoms with Crippen molar-refractivity contribution in [3.63, 3.8) is 0 Å². The molecule has 0 aliphatic heterocycles. The van der Waals surface area contributed by atoms with Crippen molar-refractivity contribution in [1.82, 2.24) is 5.43 Å². The fourth-order valence-electron chi connectivity index (χ4n) is 1.07. The number of nitrogens with zero attached hydrogens (tertiary/aromatic N) is 1. The van der Waals surface area contributed by atoms with Crippen LogP contribution in [0.4, 0.5) is 0 Å². The zero-order valence-electron chi connectivity index (χ0n) is 8.90. The topological polar surface area (TPSA) is 61.7 Å². The van der Waals surface area contributed by atoms with E-state index in [1.165, 1.54) is 6.92 Å². The molecule has 0 saturated carbocycles. The van der Waals surface area contributed by atoms with E-state index in [9.17, 15) is 4.79 Å². The van der Waals surface area contributed by atoms with Crippen LogP contribution in [0, 0.1) is 0 Å². The molecule has 0 fully saturated rings. The van der Waals surface area contributed by atoms with Crippen LogP contribution in [0.3, 0.4) is 0 Å². The third-order valence-electron chi connectivity index (χ3n) is 2.00. The van der Waals surface area contributed by atoms with Gasteiger partial charge < -0.3 is 10.5 Å². The summed E-state index contributed by atoms with van der Waals surface area (Å²) in [5.74, 6) is -1.01. The first-order valence-corrected chi connectivity index (χ1v) is 5.22. The van der Waals surface area contributed by atoms with Crippen molar-refractivity contribution in [2.75, 3.05) is 6.54 Å².